The van der Waals surface area contributed by atoms with Gasteiger partial charge in [-0.2, -0.15) is 18.4 Å². The number of alkyl halides is 3. The molecule has 2 aromatic heterocycles. The fourth-order valence-electron chi connectivity index (χ4n) is 1.84. The predicted octanol–water partition coefficient (Wildman–Crippen LogP) is 2.73. The number of hydrogen-bond acceptors (Lipinski definition) is 6. The molecule has 0 aliphatic heterocycles. The number of rotatable bonds is 6. The Kier molecular flexibility index (Phi) is 5.66. The van der Waals surface area contributed by atoms with E-state index in [4.69, 9.17) is 5.26 Å². The average molecular weight is 390 g/mol. The molecule has 0 saturated carbocycles. The molecule has 6 nitrogen and oxygen atoms in total. The standard InChI is InChI=1S/C14H13F3N4O2S2/c1-9-2-5-12(24-9)25(22,23)20-7-6-19-13-10(8-18)3-4-11(21-13)14(15,16)17/h2-5,20H,6-7H2,1H3,(H,19,21). The van der Waals surface area contributed by atoms with Gasteiger partial charge in [-0.1, -0.05) is 0 Å². The normalized spacial score (nSPS) is 12.0. The Hall–Kier alpha value is -2.16. The number of anilines is 1. The molecular weight excluding hydrogens is 377 g/mol. The highest BCUT2D eigenvalue weighted by Gasteiger charge is 2.33. The molecule has 2 heterocycles. The Morgan fingerprint density at radius 1 is 1.24 bits per heavy atom. The zero-order valence-corrected chi connectivity index (χ0v) is 14.5. The maximum atomic E-state index is 12.7. The summed E-state index contributed by atoms with van der Waals surface area (Å²) in [5.41, 5.74) is -1.20. The minimum absolute atomic E-state index is 0.0351. The molecular formula is C14H13F3N4O2S2. The maximum absolute atomic E-state index is 12.7. The van der Waals surface area contributed by atoms with Gasteiger partial charge in [0.1, 0.15) is 21.8 Å². The zero-order chi connectivity index (χ0) is 18.7. The summed E-state index contributed by atoms with van der Waals surface area (Å²) in [6.45, 7) is 1.66. The van der Waals surface area contributed by atoms with Gasteiger partial charge in [0.05, 0.1) is 5.56 Å². The lowest BCUT2D eigenvalue weighted by Gasteiger charge is -2.11. The lowest BCUT2D eigenvalue weighted by Crippen LogP contribution is -2.28. The molecule has 0 aliphatic carbocycles. The third-order valence-corrected chi connectivity index (χ3v) is 5.95. The van der Waals surface area contributed by atoms with Crippen LogP contribution in [0.2, 0.25) is 0 Å². The molecule has 134 valence electrons. The first kappa shape index (κ1) is 19.2. The molecule has 0 amide bonds. The second-order valence-corrected chi connectivity index (χ2v) is 8.17. The van der Waals surface area contributed by atoms with Crippen molar-refractivity contribution < 1.29 is 21.6 Å². The Labute approximate surface area is 146 Å². The largest absolute Gasteiger partial charge is 0.433 e. The summed E-state index contributed by atoms with van der Waals surface area (Å²) >= 11 is 1.11. The van der Waals surface area contributed by atoms with Crippen LogP contribution in [-0.2, 0) is 16.2 Å². The molecule has 25 heavy (non-hydrogen) atoms. The molecule has 0 fully saturated rings. The summed E-state index contributed by atoms with van der Waals surface area (Å²) in [6, 6.07) is 6.60. The second kappa shape index (κ2) is 7.38. The molecule has 2 N–H and O–H groups in total. The number of sulfonamides is 1. The molecule has 2 aromatic rings. The molecule has 0 spiro atoms. The van der Waals surface area contributed by atoms with Gasteiger partial charge in [0.25, 0.3) is 0 Å². The molecule has 0 radical (unpaired) electrons. The quantitative estimate of drug-likeness (QED) is 0.740. The number of hydrogen-bond donors (Lipinski definition) is 2. The Balaban J connectivity index is 2.01. The van der Waals surface area contributed by atoms with E-state index in [-0.39, 0.29) is 28.7 Å². The van der Waals surface area contributed by atoms with Crippen LogP contribution in [0, 0.1) is 18.3 Å². The van der Waals surface area contributed by atoms with Gasteiger partial charge in [-0.15, -0.1) is 11.3 Å². The van der Waals surface area contributed by atoms with Crippen LogP contribution in [0.4, 0.5) is 19.0 Å². The maximum Gasteiger partial charge on any atom is 0.433 e. The molecule has 0 bridgehead atoms. The van der Waals surface area contributed by atoms with Crippen molar-refractivity contribution in [3.05, 3.63) is 40.4 Å². The van der Waals surface area contributed by atoms with Gasteiger partial charge in [0, 0.05) is 18.0 Å². The van der Waals surface area contributed by atoms with Gasteiger partial charge in [-0.25, -0.2) is 18.1 Å². The SMILES string of the molecule is Cc1ccc(S(=O)(=O)NCCNc2nc(C(F)(F)F)ccc2C#N)s1. The van der Waals surface area contributed by atoms with Crippen molar-refractivity contribution >= 4 is 27.2 Å². The zero-order valence-electron chi connectivity index (χ0n) is 12.9. The van der Waals surface area contributed by atoms with Crippen LogP contribution in [0.15, 0.2) is 28.5 Å². The van der Waals surface area contributed by atoms with Crippen LogP contribution in [0.3, 0.4) is 0 Å². The predicted molar refractivity (Wildman–Crippen MR) is 86.7 cm³/mol. The third-order valence-electron chi connectivity index (χ3n) is 3.00. The van der Waals surface area contributed by atoms with Crippen molar-refractivity contribution in [3.63, 3.8) is 0 Å². The number of aryl methyl sites for hydroxylation is 1. The number of nitrogens with zero attached hydrogens (tertiary/aromatic N) is 2. The molecule has 11 heteroatoms. The minimum Gasteiger partial charge on any atom is -0.368 e. The van der Waals surface area contributed by atoms with Crippen molar-refractivity contribution in [2.45, 2.75) is 17.3 Å². The first-order valence-corrected chi connectivity index (χ1v) is 9.22. The van der Waals surface area contributed by atoms with E-state index >= 15 is 0 Å². The van der Waals surface area contributed by atoms with E-state index in [2.05, 4.69) is 15.0 Å². The van der Waals surface area contributed by atoms with Gasteiger partial charge in [0.2, 0.25) is 10.0 Å². The average Bonchev–Trinajstić information content (AvgIpc) is 2.98. The van der Waals surface area contributed by atoms with Crippen LogP contribution in [0.25, 0.3) is 0 Å². The van der Waals surface area contributed by atoms with E-state index in [1.54, 1.807) is 19.1 Å². The van der Waals surface area contributed by atoms with Gasteiger partial charge in [-0.05, 0) is 31.2 Å². The summed E-state index contributed by atoms with van der Waals surface area (Å²) in [5.74, 6) is -0.247. The second-order valence-electron chi connectivity index (χ2n) is 4.89. The van der Waals surface area contributed by atoms with Crippen LogP contribution >= 0.6 is 11.3 Å². The highest BCUT2D eigenvalue weighted by atomic mass is 32.2. The smallest absolute Gasteiger partial charge is 0.368 e. The summed E-state index contributed by atoms with van der Waals surface area (Å²) < 4.78 is 64.5. The molecule has 0 atom stereocenters. The number of halogens is 3. The number of nitriles is 1. The van der Waals surface area contributed by atoms with Crippen molar-refractivity contribution in [3.8, 4) is 6.07 Å². The Morgan fingerprint density at radius 3 is 2.52 bits per heavy atom. The van der Waals surface area contributed by atoms with Gasteiger partial charge < -0.3 is 5.32 Å². The summed E-state index contributed by atoms with van der Waals surface area (Å²) in [6.07, 6.45) is -4.64. The van der Waals surface area contributed by atoms with E-state index in [0.29, 0.717) is 6.07 Å². The molecule has 0 aromatic carbocycles. The minimum atomic E-state index is -4.64. The fraction of sp³-hybridized carbons (Fsp3) is 0.286. The Bertz CT molecular complexity index is 902. The molecule has 2 rings (SSSR count). The first-order valence-electron chi connectivity index (χ1n) is 6.92. The summed E-state index contributed by atoms with van der Waals surface area (Å²) in [4.78, 5) is 4.21. The van der Waals surface area contributed by atoms with E-state index in [1.807, 2.05) is 0 Å². The lowest BCUT2D eigenvalue weighted by atomic mass is 10.2. The van der Waals surface area contributed by atoms with E-state index < -0.39 is 21.9 Å². The number of pyridine rings is 1. The Morgan fingerprint density at radius 2 is 1.96 bits per heavy atom. The van der Waals surface area contributed by atoms with Gasteiger partial charge >= 0.3 is 6.18 Å². The van der Waals surface area contributed by atoms with Gasteiger partial charge in [0.15, 0.2) is 0 Å². The third kappa shape index (κ3) is 4.91. The van der Waals surface area contributed by atoms with Crippen LogP contribution < -0.4 is 10.0 Å². The van der Waals surface area contributed by atoms with Crippen molar-refractivity contribution in [1.29, 1.82) is 5.26 Å². The fourth-order valence-corrected chi connectivity index (χ4v) is 4.20. The highest BCUT2D eigenvalue weighted by molar-refractivity contribution is 7.91. The van der Waals surface area contributed by atoms with E-state index in [1.165, 1.54) is 6.07 Å². The number of nitrogens with one attached hydrogen (secondary N) is 2. The first-order chi connectivity index (χ1) is 11.6. The number of aromatic nitrogens is 1. The monoisotopic (exact) mass is 390 g/mol. The van der Waals surface area contributed by atoms with Crippen molar-refractivity contribution in [2.24, 2.45) is 0 Å². The van der Waals surface area contributed by atoms with Crippen LogP contribution in [0.5, 0.6) is 0 Å². The van der Waals surface area contributed by atoms with Gasteiger partial charge in [-0.3, -0.25) is 0 Å². The van der Waals surface area contributed by atoms with Crippen molar-refractivity contribution in [2.75, 3.05) is 18.4 Å². The number of thiophene rings is 1. The van der Waals surface area contributed by atoms with Crippen LogP contribution in [0.1, 0.15) is 16.1 Å². The highest BCUT2D eigenvalue weighted by Crippen LogP contribution is 2.29. The topological polar surface area (TPSA) is 94.9 Å². The molecule has 0 unspecified atom stereocenters. The summed E-state index contributed by atoms with van der Waals surface area (Å²) in [7, 11) is -3.68. The van der Waals surface area contributed by atoms with E-state index in [0.717, 1.165) is 22.3 Å². The van der Waals surface area contributed by atoms with Crippen molar-refractivity contribution in [1.82, 2.24) is 9.71 Å². The lowest BCUT2D eigenvalue weighted by molar-refractivity contribution is -0.141. The molecule has 0 aliphatic rings. The summed E-state index contributed by atoms with van der Waals surface area (Å²) in [5, 5.41) is 11.5. The molecule has 0 saturated heterocycles. The van der Waals surface area contributed by atoms with Crippen LogP contribution in [-0.4, -0.2) is 26.5 Å². The van der Waals surface area contributed by atoms with E-state index in [9.17, 15) is 21.6 Å².